The van der Waals surface area contributed by atoms with E-state index in [0.717, 1.165) is 27.5 Å². The van der Waals surface area contributed by atoms with Crippen LogP contribution in [0.2, 0.25) is 0 Å². The van der Waals surface area contributed by atoms with Gasteiger partial charge in [-0.1, -0.05) is 24.3 Å². The number of ether oxygens (including phenoxy) is 2. The molecule has 1 fully saturated rings. The third kappa shape index (κ3) is 5.60. The average Bonchev–Trinajstić information content (AvgIpc) is 3.24. The molecule has 0 spiro atoms. The van der Waals surface area contributed by atoms with E-state index in [-0.39, 0.29) is 17.1 Å². The fraction of sp³-hybridized carbons (Fsp3) is 0.156. The third-order valence-electron chi connectivity index (χ3n) is 6.69. The normalized spacial score (nSPS) is 14.4. The van der Waals surface area contributed by atoms with Crippen molar-refractivity contribution in [3.8, 4) is 17.2 Å². The SMILES string of the molecule is CCOc1ccccc1N1C(=O)NC(=O)/C(=C\c2cc(C)n(-c3ccc(OCc4ccc(F)cc4)cc3)c2C)C1=O. The summed E-state index contributed by atoms with van der Waals surface area (Å²) in [7, 11) is 0. The van der Waals surface area contributed by atoms with Crippen LogP contribution in [-0.2, 0) is 16.2 Å². The summed E-state index contributed by atoms with van der Waals surface area (Å²) in [5, 5.41) is 2.27. The smallest absolute Gasteiger partial charge is 0.336 e. The second kappa shape index (κ2) is 11.5. The molecule has 41 heavy (non-hydrogen) atoms. The molecule has 8 nitrogen and oxygen atoms in total. The number of barbiturate groups is 1. The van der Waals surface area contributed by atoms with E-state index in [9.17, 15) is 18.8 Å². The number of benzene rings is 3. The van der Waals surface area contributed by atoms with Crippen LogP contribution in [0.1, 0.15) is 29.4 Å². The molecule has 1 aromatic heterocycles. The van der Waals surface area contributed by atoms with E-state index in [4.69, 9.17) is 9.47 Å². The number of aromatic nitrogens is 1. The zero-order chi connectivity index (χ0) is 29.1. The number of imide groups is 2. The predicted molar refractivity (Wildman–Crippen MR) is 153 cm³/mol. The molecule has 3 aromatic carbocycles. The van der Waals surface area contributed by atoms with E-state index in [1.54, 1.807) is 43.3 Å². The molecular weight excluding hydrogens is 525 g/mol. The fourth-order valence-electron chi connectivity index (χ4n) is 4.72. The lowest BCUT2D eigenvalue weighted by atomic mass is 10.1. The number of rotatable bonds is 8. The Bertz CT molecular complexity index is 1660. The summed E-state index contributed by atoms with van der Waals surface area (Å²) < 4.78 is 26.6. The molecule has 208 valence electrons. The van der Waals surface area contributed by atoms with E-state index < -0.39 is 17.8 Å². The number of aryl methyl sites for hydroxylation is 1. The quantitative estimate of drug-likeness (QED) is 0.218. The van der Waals surface area contributed by atoms with E-state index >= 15 is 0 Å². The number of halogens is 1. The van der Waals surface area contributed by atoms with Crippen LogP contribution in [-0.4, -0.2) is 29.0 Å². The Labute approximate surface area is 236 Å². The number of nitrogens with one attached hydrogen (secondary N) is 1. The Morgan fingerprint density at radius 2 is 1.61 bits per heavy atom. The van der Waals surface area contributed by atoms with Crippen LogP contribution >= 0.6 is 0 Å². The molecule has 0 unspecified atom stereocenters. The molecule has 2 heterocycles. The number of nitrogens with zero attached hydrogens (tertiary/aromatic N) is 2. The summed E-state index contributed by atoms with van der Waals surface area (Å²) in [6, 6.07) is 21.3. The van der Waals surface area contributed by atoms with Crippen LogP contribution < -0.4 is 19.7 Å². The number of carbonyl (C=O) groups excluding carboxylic acids is 3. The molecule has 1 aliphatic heterocycles. The van der Waals surface area contributed by atoms with Crippen LogP contribution in [0.3, 0.4) is 0 Å². The Hall–Kier alpha value is -5.18. The average molecular weight is 554 g/mol. The molecule has 0 aliphatic carbocycles. The van der Waals surface area contributed by atoms with E-state index in [2.05, 4.69) is 5.32 Å². The lowest BCUT2D eigenvalue weighted by Gasteiger charge is -2.27. The van der Waals surface area contributed by atoms with E-state index in [1.165, 1.54) is 18.2 Å². The van der Waals surface area contributed by atoms with Crippen LogP contribution in [0.5, 0.6) is 11.5 Å². The van der Waals surface area contributed by atoms with Gasteiger partial charge in [-0.15, -0.1) is 0 Å². The Morgan fingerprint density at radius 1 is 0.902 bits per heavy atom. The first-order valence-electron chi connectivity index (χ1n) is 13.1. The minimum Gasteiger partial charge on any atom is -0.492 e. The van der Waals surface area contributed by atoms with Crippen molar-refractivity contribution >= 4 is 29.6 Å². The van der Waals surface area contributed by atoms with Crippen molar-refractivity contribution in [2.45, 2.75) is 27.4 Å². The van der Waals surface area contributed by atoms with Crippen molar-refractivity contribution < 1.29 is 28.2 Å². The number of urea groups is 1. The highest BCUT2D eigenvalue weighted by atomic mass is 19.1. The maximum atomic E-state index is 13.5. The van der Waals surface area contributed by atoms with Gasteiger partial charge < -0.3 is 14.0 Å². The lowest BCUT2D eigenvalue weighted by molar-refractivity contribution is -0.122. The van der Waals surface area contributed by atoms with Crippen LogP contribution in [0, 0.1) is 19.7 Å². The van der Waals surface area contributed by atoms with Crippen molar-refractivity contribution in [2.75, 3.05) is 11.5 Å². The molecule has 5 rings (SSSR count). The molecule has 4 amide bonds. The number of hydrogen-bond donors (Lipinski definition) is 1. The van der Waals surface area contributed by atoms with Crippen LogP contribution in [0.4, 0.5) is 14.9 Å². The highest BCUT2D eigenvalue weighted by Crippen LogP contribution is 2.32. The van der Waals surface area contributed by atoms with Gasteiger partial charge in [0, 0.05) is 17.1 Å². The molecule has 0 atom stereocenters. The minimum atomic E-state index is -0.837. The van der Waals surface area contributed by atoms with Gasteiger partial charge in [0.15, 0.2) is 0 Å². The summed E-state index contributed by atoms with van der Waals surface area (Å²) in [5.41, 5.74) is 4.14. The maximum Gasteiger partial charge on any atom is 0.336 e. The number of carbonyl (C=O) groups is 3. The van der Waals surface area contributed by atoms with Crippen molar-refractivity contribution in [3.05, 3.63) is 113 Å². The van der Waals surface area contributed by atoms with Gasteiger partial charge in [-0.3, -0.25) is 14.9 Å². The minimum absolute atomic E-state index is 0.166. The van der Waals surface area contributed by atoms with Gasteiger partial charge in [-0.05, 0) is 92.6 Å². The summed E-state index contributed by atoms with van der Waals surface area (Å²) in [5.74, 6) is -0.785. The molecule has 1 saturated heterocycles. The highest BCUT2D eigenvalue weighted by Gasteiger charge is 2.38. The molecule has 9 heteroatoms. The number of hydrogen-bond acceptors (Lipinski definition) is 5. The van der Waals surface area contributed by atoms with Gasteiger partial charge in [0.2, 0.25) is 0 Å². The molecule has 0 radical (unpaired) electrons. The van der Waals surface area contributed by atoms with Crippen molar-refractivity contribution in [1.82, 2.24) is 9.88 Å². The Kier molecular flexibility index (Phi) is 7.69. The zero-order valence-corrected chi connectivity index (χ0v) is 22.8. The summed E-state index contributed by atoms with van der Waals surface area (Å²) >= 11 is 0. The lowest BCUT2D eigenvalue weighted by Crippen LogP contribution is -2.54. The summed E-state index contributed by atoms with van der Waals surface area (Å²) in [6.07, 6.45) is 1.50. The first-order chi connectivity index (χ1) is 19.8. The number of para-hydroxylation sites is 2. The van der Waals surface area contributed by atoms with Gasteiger partial charge in [0.05, 0.1) is 12.3 Å². The second-order valence-electron chi connectivity index (χ2n) is 9.43. The Balaban J connectivity index is 1.40. The van der Waals surface area contributed by atoms with Gasteiger partial charge in [0.25, 0.3) is 11.8 Å². The first-order valence-corrected chi connectivity index (χ1v) is 13.1. The summed E-state index contributed by atoms with van der Waals surface area (Å²) in [6.45, 7) is 6.26. The maximum absolute atomic E-state index is 13.5. The standard InChI is InChI=1S/C32H28FN3O5/c1-4-40-29-8-6-5-7-28(29)36-31(38)27(30(37)34-32(36)39)18-23-17-20(2)35(21(23)3)25-13-15-26(16-14-25)41-19-22-9-11-24(33)12-10-22/h5-18H,4,19H2,1-3H3,(H,34,37,39)/b27-18+. The number of amides is 4. The largest absolute Gasteiger partial charge is 0.492 e. The Morgan fingerprint density at radius 3 is 2.32 bits per heavy atom. The molecule has 4 aromatic rings. The molecular formula is C32H28FN3O5. The molecule has 1 N–H and O–H groups in total. The number of anilines is 1. The zero-order valence-electron chi connectivity index (χ0n) is 22.8. The topological polar surface area (TPSA) is 89.9 Å². The van der Waals surface area contributed by atoms with Crippen molar-refractivity contribution in [2.24, 2.45) is 0 Å². The third-order valence-corrected chi connectivity index (χ3v) is 6.69. The predicted octanol–water partition coefficient (Wildman–Crippen LogP) is 5.88. The highest BCUT2D eigenvalue weighted by molar-refractivity contribution is 6.39. The molecule has 0 bridgehead atoms. The molecule has 0 saturated carbocycles. The summed E-state index contributed by atoms with van der Waals surface area (Å²) in [4.78, 5) is 39.9. The monoisotopic (exact) mass is 553 g/mol. The van der Waals surface area contributed by atoms with Crippen molar-refractivity contribution in [1.29, 1.82) is 0 Å². The van der Waals surface area contributed by atoms with Gasteiger partial charge in [0.1, 0.15) is 29.5 Å². The first kappa shape index (κ1) is 27.4. The van der Waals surface area contributed by atoms with Crippen molar-refractivity contribution in [3.63, 3.8) is 0 Å². The van der Waals surface area contributed by atoms with Crippen LogP contribution in [0.15, 0.2) is 84.4 Å². The van der Waals surface area contributed by atoms with Gasteiger partial charge in [-0.25, -0.2) is 14.1 Å². The fourth-order valence-corrected chi connectivity index (χ4v) is 4.72. The second-order valence-corrected chi connectivity index (χ2v) is 9.43. The van der Waals surface area contributed by atoms with Gasteiger partial charge >= 0.3 is 6.03 Å². The molecule has 1 aliphatic rings. The van der Waals surface area contributed by atoms with E-state index in [0.29, 0.717) is 30.3 Å². The van der Waals surface area contributed by atoms with Crippen LogP contribution in [0.25, 0.3) is 11.8 Å². The van der Waals surface area contributed by atoms with Gasteiger partial charge in [-0.2, -0.15) is 0 Å². The van der Waals surface area contributed by atoms with E-state index in [1.807, 2.05) is 48.7 Å².